The highest BCUT2D eigenvalue weighted by Crippen LogP contribution is 2.60. The number of amides is 2. The molecule has 4 heteroatoms. The molecule has 1 aliphatic carbocycles. The Hall–Kier alpha value is -1.32. The van der Waals surface area contributed by atoms with Crippen LogP contribution in [0.1, 0.15) is 34.6 Å². The summed E-state index contributed by atoms with van der Waals surface area (Å²) in [5, 5.41) is 2.80. The average molecular weight is 264 g/mol. The van der Waals surface area contributed by atoms with Gasteiger partial charge in [-0.15, -0.1) is 0 Å². The van der Waals surface area contributed by atoms with E-state index in [4.69, 9.17) is 0 Å². The number of hydrogen-bond donors (Lipinski definition) is 1. The van der Waals surface area contributed by atoms with Crippen molar-refractivity contribution in [2.24, 2.45) is 17.3 Å². The first kappa shape index (κ1) is 14.1. The quantitative estimate of drug-likeness (QED) is 0.770. The van der Waals surface area contributed by atoms with E-state index < -0.39 is 0 Å². The van der Waals surface area contributed by atoms with E-state index in [1.54, 1.807) is 11.8 Å². The third kappa shape index (κ3) is 2.40. The molecule has 0 aromatic heterocycles. The van der Waals surface area contributed by atoms with Gasteiger partial charge in [0.2, 0.25) is 11.8 Å². The zero-order chi connectivity index (χ0) is 14.4. The molecular formula is C15H24N2O2. The van der Waals surface area contributed by atoms with Gasteiger partial charge in [0.05, 0.1) is 5.92 Å². The monoisotopic (exact) mass is 264 g/mol. The van der Waals surface area contributed by atoms with Crippen molar-refractivity contribution in [3.63, 3.8) is 0 Å². The summed E-state index contributed by atoms with van der Waals surface area (Å²) in [5.41, 5.74) is 1.26. The van der Waals surface area contributed by atoms with Crippen molar-refractivity contribution in [2.45, 2.75) is 40.7 Å². The van der Waals surface area contributed by atoms with Crippen LogP contribution in [-0.2, 0) is 9.59 Å². The van der Waals surface area contributed by atoms with Crippen molar-refractivity contribution in [1.82, 2.24) is 10.2 Å². The summed E-state index contributed by atoms with van der Waals surface area (Å²) in [6.07, 6.45) is 2.19. The van der Waals surface area contributed by atoms with E-state index in [-0.39, 0.29) is 29.2 Å². The van der Waals surface area contributed by atoms with Crippen molar-refractivity contribution in [3.8, 4) is 0 Å². The van der Waals surface area contributed by atoms with Crippen molar-refractivity contribution >= 4 is 11.8 Å². The number of hydrogen-bond acceptors (Lipinski definition) is 2. The van der Waals surface area contributed by atoms with Crippen LogP contribution in [0, 0.1) is 17.3 Å². The van der Waals surface area contributed by atoms with Gasteiger partial charge in [-0.2, -0.15) is 0 Å². The molecule has 1 saturated carbocycles. The highest BCUT2D eigenvalue weighted by molar-refractivity contribution is 5.91. The first-order valence-corrected chi connectivity index (χ1v) is 7.00. The Labute approximate surface area is 115 Å². The second-order valence-electron chi connectivity index (χ2n) is 6.57. The summed E-state index contributed by atoms with van der Waals surface area (Å²) in [7, 11) is 0. The highest BCUT2D eigenvalue weighted by Gasteiger charge is 2.61. The summed E-state index contributed by atoms with van der Waals surface area (Å²) in [4.78, 5) is 26.0. The molecule has 0 bridgehead atoms. The van der Waals surface area contributed by atoms with Gasteiger partial charge in [0.15, 0.2) is 0 Å². The first-order valence-electron chi connectivity index (χ1n) is 7.00. The lowest BCUT2D eigenvalue weighted by Gasteiger charge is -2.33. The maximum Gasteiger partial charge on any atom is 0.242 e. The van der Waals surface area contributed by atoms with Crippen molar-refractivity contribution in [3.05, 3.63) is 11.6 Å². The van der Waals surface area contributed by atoms with Gasteiger partial charge in [-0.1, -0.05) is 25.5 Å². The summed E-state index contributed by atoms with van der Waals surface area (Å²) in [5.74, 6) is 0.421. The smallest absolute Gasteiger partial charge is 0.242 e. The summed E-state index contributed by atoms with van der Waals surface area (Å²) in [6, 6.07) is -0.343. The van der Waals surface area contributed by atoms with Gasteiger partial charge >= 0.3 is 0 Å². The molecule has 1 aliphatic heterocycles. The summed E-state index contributed by atoms with van der Waals surface area (Å²) < 4.78 is 0. The summed E-state index contributed by atoms with van der Waals surface area (Å²) in [6.45, 7) is 11.4. The number of rotatable bonds is 2. The van der Waals surface area contributed by atoms with Crippen LogP contribution in [0.2, 0.25) is 0 Å². The third-order valence-electron chi connectivity index (χ3n) is 4.47. The largest absolute Gasteiger partial charge is 0.353 e. The van der Waals surface area contributed by atoms with Gasteiger partial charge in [-0.25, -0.2) is 0 Å². The van der Waals surface area contributed by atoms with Gasteiger partial charge in [0, 0.05) is 13.1 Å². The van der Waals surface area contributed by atoms with Crippen LogP contribution in [0.3, 0.4) is 0 Å². The molecule has 106 valence electrons. The molecule has 2 aliphatic rings. The molecule has 4 nitrogen and oxygen atoms in total. The van der Waals surface area contributed by atoms with Gasteiger partial charge in [0.25, 0.3) is 0 Å². The molecule has 0 spiro atoms. The molecule has 1 saturated heterocycles. The van der Waals surface area contributed by atoms with Crippen LogP contribution in [-0.4, -0.2) is 35.8 Å². The molecule has 1 heterocycles. The second kappa shape index (κ2) is 4.66. The minimum Gasteiger partial charge on any atom is -0.353 e. The molecular weight excluding hydrogens is 240 g/mol. The van der Waals surface area contributed by atoms with Gasteiger partial charge < -0.3 is 10.2 Å². The molecule has 1 N–H and O–H groups in total. The topological polar surface area (TPSA) is 49.4 Å². The molecule has 0 aromatic rings. The van der Waals surface area contributed by atoms with Gasteiger partial charge in [-0.05, 0) is 32.1 Å². The maximum atomic E-state index is 12.6. The van der Waals surface area contributed by atoms with Crippen LogP contribution < -0.4 is 5.32 Å². The SMILES string of the molecule is CC(C)=C[C@H]1[C@H](C(=O)N2CCNC(=O)[C@H]2C)C1(C)C. The van der Waals surface area contributed by atoms with E-state index in [0.717, 1.165) is 0 Å². The lowest BCUT2D eigenvalue weighted by Crippen LogP contribution is -2.56. The zero-order valence-corrected chi connectivity index (χ0v) is 12.5. The Balaban J connectivity index is 2.13. The number of nitrogens with zero attached hydrogens (tertiary/aromatic N) is 1. The molecule has 19 heavy (non-hydrogen) atoms. The van der Waals surface area contributed by atoms with Gasteiger partial charge in [0.1, 0.15) is 6.04 Å². The standard InChI is InChI=1S/C15H24N2O2/c1-9(2)8-11-12(15(11,4)5)14(19)17-7-6-16-13(18)10(17)3/h8,10-12H,6-7H2,1-5H3,(H,16,18)/t10-,11+,12-/m1/s1. The predicted octanol–water partition coefficient (Wildman–Crippen LogP) is 1.57. The van der Waals surface area contributed by atoms with E-state index in [9.17, 15) is 9.59 Å². The lowest BCUT2D eigenvalue weighted by atomic mass is 10.1. The van der Waals surface area contributed by atoms with E-state index in [2.05, 4.69) is 39.1 Å². The van der Waals surface area contributed by atoms with Crippen LogP contribution in [0.4, 0.5) is 0 Å². The van der Waals surface area contributed by atoms with Crippen molar-refractivity contribution in [1.29, 1.82) is 0 Å². The fourth-order valence-corrected chi connectivity index (χ4v) is 3.08. The molecule has 0 unspecified atom stereocenters. The number of nitrogens with one attached hydrogen (secondary N) is 1. The summed E-state index contributed by atoms with van der Waals surface area (Å²) >= 11 is 0. The Bertz CT molecular complexity index is 435. The maximum absolute atomic E-state index is 12.6. The van der Waals surface area contributed by atoms with Crippen LogP contribution >= 0.6 is 0 Å². The van der Waals surface area contributed by atoms with Crippen LogP contribution in [0.25, 0.3) is 0 Å². The fraction of sp³-hybridized carbons (Fsp3) is 0.733. The number of carbonyl (C=O) groups excluding carboxylic acids is 2. The van der Waals surface area contributed by atoms with E-state index in [1.165, 1.54) is 5.57 Å². The Morgan fingerprint density at radius 1 is 1.42 bits per heavy atom. The predicted molar refractivity (Wildman–Crippen MR) is 74.4 cm³/mol. The third-order valence-corrected chi connectivity index (χ3v) is 4.47. The molecule has 2 amide bonds. The number of piperazine rings is 1. The van der Waals surface area contributed by atoms with Crippen LogP contribution in [0.15, 0.2) is 11.6 Å². The average Bonchev–Trinajstić information content (AvgIpc) is 2.82. The fourth-order valence-electron chi connectivity index (χ4n) is 3.08. The second-order valence-corrected chi connectivity index (χ2v) is 6.57. The molecule has 0 radical (unpaired) electrons. The first-order chi connectivity index (χ1) is 8.76. The van der Waals surface area contributed by atoms with E-state index in [0.29, 0.717) is 19.0 Å². The van der Waals surface area contributed by atoms with Gasteiger partial charge in [-0.3, -0.25) is 9.59 Å². The Morgan fingerprint density at radius 3 is 2.63 bits per heavy atom. The number of allylic oxidation sites excluding steroid dienone is 2. The van der Waals surface area contributed by atoms with Crippen molar-refractivity contribution in [2.75, 3.05) is 13.1 Å². The Kier molecular flexibility index (Phi) is 3.45. The molecule has 3 atom stereocenters. The van der Waals surface area contributed by atoms with E-state index >= 15 is 0 Å². The highest BCUT2D eigenvalue weighted by atomic mass is 16.2. The molecule has 2 rings (SSSR count). The van der Waals surface area contributed by atoms with Crippen molar-refractivity contribution < 1.29 is 9.59 Å². The normalized spacial score (nSPS) is 32.6. The Morgan fingerprint density at radius 2 is 2.05 bits per heavy atom. The van der Waals surface area contributed by atoms with Crippen LogP contribution in [0.5, 0.6) is 0 Å². The molecule has 0 aromatic carbocycles. The zero-order valence-electron chi connectivity index (χ0n) is 12.5. The molecule has 2 fully saturated rings. The minimum absolute atomic E-state index is 0.0159. The number of carbonyl (C=O) groups is 2. The lowest BCUT2D eigenvalue weighted by molar-refractivity contribution is -0.144. The minimum atomic E-state index is -0.343. The van der Waals surface area contributed by atoms with E-state index in [1.807, 2.05) is 0 Å².